The highest BCUT2D eigenvalue weighted by Gasteiger charge is 2.12. The Morgan fingerprint density at radius 1 is 1.17 bits per heavy atom. The molecule has 0 bridgehead atoms. The fourth-order valence-corrected chi connectivity index (χ4v) is 2.44. The Hall–Kier alpha value is -2.33. The van der Waals surface area contributed by atoms with Gasteiger partial charge in [0.25, 0.3) is 0 Å². The largest absolute Gasteiger partial charge is 0.491 e. The zero-order valence-electron chi connectivity index (χ0n) is 14.2. The van der Waals surface area contributed by atoms with Gasteiger partial charge in [-0.1, -0.05) is 49.4 Å². The Kier molecular flexibility index (Phi) is 6.82. The molecule has 0 heterocycles. The zero-order valence-corrected chi connectivity index (χ0v) is 14.2. The lowest BCUT2D eigenvalue weighted by atomic mass is 9.97. The molecule has 0 radical (unpaired) electrons. The van der Waals surface area contributed by atoms with Crippen LogP contribution in [0.2, 0.25) is 0 Å². The third kappa shape index (κ3) is 6.05. The summed E-state index contributed by atoms with van der Waals surface area (Å²) in [4.78, 5) is 12.0. The number of hydrogen-bond donors (Lipinski definition) is 2. The summed E-state index contributed by atoms with van der Waals surface area (Å²) in [5.41, 5.74) is 2.24. The Balaban J connectivity index is 1.69. The summed E-state index contributed by atoms with van der Waals surface area (Å²) >= 11 is 0. The summed E-state index contributed by atoms with van der Waals surface area (Å²) in [6, 6.07) is 17.6. The quantitative estimate of drug-likeness (QED) is 0.783. The number of amides is 1. The van der Waals surface area contributed by atoms with E-state index in [2.05, 4.69) is 5.32 Å². The second-order valence-electron chi connectivity index (χ2n) is 6.10. The minimum atomic E-state index is -0.735. The summed E-state index contributed by atoms with van der Waals surface area (Å²) in [6.45, 7) is 4.34. The monoisotopic (exact) mass is 327 g/mol. The Morgan fingerprint density at radius 2 is 1.92 bits per heavy atom. The highest BCUT2D eigenvalue weighted by molar-refractivity contribution is 5.76. The van der Waals surface area contributed by atoms with Crippen LogP contribution in [-0.4, -0.2) is 30.3 Å². The lowest BCUT2D eigenvalue weighted by molar-refractivity contribution is -0.121. The molecule has 4 heteroatoms. The summed E-state index contributed by atoms with van der Waals surface area (Å²) in [5, 5.41) is 12.7. The number of ether oxygens (including phenoxy) is 1. The van der Waals surface area contributed by atoms with Crippen LogP contribution >= 0.6 is 0 Å². The molecule has 128 valence electrons. The topological polar surface area (TPSA) is 58.6 Å². The first-order chi connectivity index (χ1) is 11.5. The van der Waals surface area contributed by atoms with E-state index in [4.69, 9.17) is 4.74 Å². The van der Waals surface area contributed by atoms with Gasteiger partial charge in [0, 0.05) is 13.0 Å². The summed E-state index contributed by atoms with van der Waals surface area (Å²) < 4.78 is 5.53. The lowest BCUT2D eigenvalue weighted by Crippen LogP contribution is -2.35. The SMILES string of the molecule is Cc1cccc(OCC(O)CNC(=O)CC(C)c2ccccc2)c1. The van der Waals surface area contributed by atoms with E-state index < -0.39 is 6.10 Å². The van der Waals surface area contributed by atoms with Crippen LogP contribution in [0.3, 0.4) is 0 Å². The molecule has 1 amide bonds. The average molecular weight is 327 g/mol. The van der Waals surface area contributed by atoms with Gasteiger partial charge in [0.2, 0.25) is 5.91 Å². The Labute approximate surface area is 143 Å². The van der Waals surface area contributed by atoms with E-state index in [1.807, 2.05) is 68.4 Å². The van der Waals surface area contributed by atoms with Crippen molar-refractivity contribution in [1.29, 1.82) is 0 Å². The number of aryl methyl sites for hydroxylation is 1. The first-order valence-electron chi connectivity index (χ1n) is 8.24. The number of rotatable bonds is 8. The molecule has 2 rings (SSSR count). The molecule has 2 unspecified atom stereocenters. The summed E-state index contributed by atoms with van der Waals surface area (Å²) in [5.74, 6) is 0.797. The lowest BCUT2D eigenvalue weighted by Gasteiger charge is -2.15. The Bertz CT molecular complexity index is 642. The molecule has 0 fully saturated rings. The number of aliphatic hydroxyl groups excluding tert-OH is 1. The second kappa shape index (κ2) is 9.08. The van der Waals surface area contributed by atoms with E-state index in [1.54, 1.807) is 0 Å². The van der Waals surface area contributed by atoms with Crippen LogP contribution in [0, 0.1) is 6.92 Å². The fraction of sp³-hybridized carbons (Fsp3) is 0.350. The standard InChI is InChI=1S/C20H25NO3/c1-15-7-6-10-19(11-15)24-14-18(22)13-21-20(23)12-16(2)17-8-4-3-5-9-17/h3-11,16,18,22H,12-14H2,1-2H3,(H,21,23). The molecule has 0 spiro atoms. The van der Waals surface area contributed by atoms with Crippen molar-refractivity contribution in [2.24, 2.45) is 0 Å². The minimum absolute atomic E-state index is 0.0686. The summed E-state index contributed by atoms with van der Waals surface area (Å²) in [7, 11) is 0. The van der Waals surface area contributed by atoms with Gasteiger partial charge >= 0.3 is 0 Å². The zero-order chi connectivity index (χ0) is 17.4. The smallest absolute Gasteiger partial charge is 0.220 e. The fourth-order valence-electron chi connectivity index (χ4n) is 2.44. The van der Waals surface area contributed by atoms with Crippen LogP contribution in [-0.2, 0) is 4.79 Å². The minimum Gasteiger partial charge on any atom is -0.491 e. The van der Waals surface area contributed by atoms with Gasteiger partial charge in [0.15, 0.2) is 0 Å². The molecular weight excluding hydrogens is 302 g/mol. The van der Waals surface area contributed by atoms with Gasteiger partial charge in [0.1, 0.15) is 18.5 Å². The van der Waals surface area contributed by atoms with Crippen molar-refractivity contribution in [2.45, 2.75) is 32.3 Å². The van der Waals surface area contributed by atoms with Crippen molar-refractivity contribution in [3.05, 3.63) is 65.7 Å². The third-order valence-electron chi connectivity index (χ3n) is 3.83. The van der Waals surface area contributed by atoms with Crippen molar-refractivity contribution in [1.82, 2.24) is 5.32 Å². The third-order valence-corrected chi connectivity index (χ3v) is 3.83. The number of benzene rings is 2. The number of carbonyl (C=O) groups excluding carboxylic acids is 1. The second-order valence-corrected chi connectivity index (χ2v) is 6.10. The summed E-state index contributed by atoms with van der Waals surface area (Å²) in [6.07, 6.45) is -0.336. The number of aliphatic hydroxyl groups is 1. The highest BCUT2D eigenvalue weighted by atomic mass is 16.5. The first kappa shape index (κ1) is 18.0. The molecule has 2 aromatic carbocycles. The van der Waals surface area contributed by atoms with Gasteiger partial charge in [-0.3, -0.25) is 4.79 Å². The van der Waals surface area contributed by atoms with Crippen LogP contribution in [0.1, 0.15) is 30.4 Å². The molecule has 0 aliphatic carbocycles. The molecule has 0 aromatic heterocycles. The van der Waals surface area contributed by atoms with E-state index in [-0.39, 0.29) is 25.0 Å². The maximum absolute atomic E-state index is 12.0. The molecule has 2 atom stereocenters. The van der Waals surface area contributed by atoms with Crippen LogP contribution in [0.15, 0.2) is 54.6 Å². The maximum Gasteiger partial charge on any atom is 0.220 e. The van der Waals surface area contributed by atoms with Crippen LogP contribution in [0.5, 0.6) is 5.75 Å². The van der Waals surface area contributed by atoms with Crippen molar-refractivity contribution < 1.29 is 14.6 Å². The first-order valence-corrected chi connectivity index (χ1v) is 8.24. The van der Waals surface area contributed by atoms with Crippen molar-refractivity contribution in [3.63, 3.8) is 0 Å². The van der Waals surface area contributed by atoms with Gasteiger partial charge in [-0.25, -0.2) is 0 Å². The van der Waals surface area contributed by atoms with E-state index in [1.165, 1.54) is 0 Å². The molecule has 4 nitrogen and oxygen atoms in total. The molecule has 0 aliphatic rings. The average Bonchev–Trinajstić information content (AvgIpc) is 2.59. The molecular formula is C20H25NO3. The molecule has 0 aliphatic heterocycles. The van der Waals surface area contributed by atoms with Gasteiger partial charge in [0.05, 0.1) is 0 Å². The molecule has 2 aromatic rings. The predicted molar refractivity (Wildman–Crippen MR) is 95.2 cm³/mol. The van der Waals surface area contributed by atoms with Crippen LogP contribution in [0.25, 0.3) is 0 Å². The number of nitrogens with one attached hydrogen (secondary N) is 1. The van der Waals surface area contributed by atoms with Crippen LogP contribution < -0.4 is 10.1 Å². The van der Waals surface area contributed by atoms with Crippen molar-refractivity contribution in [2.75, 3.05) is 13.2 Å². The Morgan fingerprint density at radius 3 is 2.62 bits per heavy atom. The van der Waals surface area contributed by atoms with Gasteiger partial charge in [-0.05, 0) is 36.1 Å². The van der Waals surface area contributed by atoms with E-state index in [9.17, 15) is 9.90 Å². The number of hydrogen-bond acceptors (Lipinski definition) is 3. The van der Waals surface area contributed by atoms with Crippen molar-refractivity contribution in [3.8, 4) is 5.75 Å². The van der Waals surface area contributed by atoms with Gasteiger partial charge in [-0.15, -0.1) is 0 Å². The highest BCUT2D eigenvalue weighted by Crippen LogP contribution is 2.18. The van der Waals surface area contributed by atoms with Gasteiger partial charge < -0.3 is 15.2 Å². The molecule has 0 saturated carbocycles. The normalized spacial score (nSPS) is 13.1. The van der Waals surface area contributed by atoms with E-state index >= 15 is 0 Å². The van der Waals surface area contributed by atoms with E-state index in [0.717, 1.165) is 16.9 Å². The van der Waals surface area contributed by atoms with Gasteiger partial charge in [-0.2, -0.15) is 0 Å². The van der Waals surface area contributed by atoms with Crippen molar-refractivity contribution >= 4 is 5.91 Å². The number of carbonyl (C=O) groups is 1. The van der Waals surface area contributed by atoms with Crippen LogP contribution in [0.4, 0.5) is 0 Å². The molecule has 0 saturated heterocycles. The molecule has 2 N–H and O–H groups in total. The predicted octanol–water partition coefficient (Wildman–Crippen LogP) is 3.04. The maximum atomic E-state index is 12.0. The molecule has 24 heavy (non-hydrogen) atoms. The van der Waals surface area contributed by atoms with E-state index in [0.29, 0.717) is 6.42 Å².